The van der Waals surface area contributed by atoms with Crippen LogP contribution in [0.3, 0.4) is 0 Å². The van der Waals surface area contributed by atoms with Crippen molar-refractivity contribution in [2.75, 3.05) is 17.2 Å². The van der Waals surface area contributed by atoms with Gasteiger partial charge in [0.05, 0.1) is 0 Å². The molecule has 0 aliphatic rings. The van der Waals surface area contributed by atoms with Crippen molar-refractivity contribution < 1.29 is 4.79 Å². The lowest BCUT2D eigenvalue weighted by molar-refractivity contribution is -0.118. The fourth-order valence-electron chi connectivity index (χ4n) is 2.75. The van der Waals surface area contributed by atoms with Gasteiger partial charge in [0.15, 0.2) is 0 Å². The predicted molar refractivity (Wildman–Crippen MR) is 100 cm³/mol. The number of nitrogens with zero attached hydrogens (tertiary/aromatic N) is 1. The average molecular weight is 333 g/mol. The minimum absolute atomic E-state index is 0. The van der Waals surface area contributed by atoms with E-state index in [0.717, 1.165) is 16.9 Å². The lowest BCUT2D eigenvalue weighted by Gasteiger charge is -2.22. The molecule has 0 fully saturated rings. The molecule has 2 N–H and O–H groups in total. The van der Waals surface area contributed by atoms with E-state index in [1.807, 2.05) is 36.1 Å². The largest absolute Gasteiger partial charge is 0.399 e. The van der Waals surface area contributed by atoms with Crippen LogP contribution in [-0.4, -0.2) is 12.5 Å². The Balaban J connectivity index is 0.00000264. The molecule has 0 spiro atoms. The van der Waals surface area contributed by atoms with Crippen LogP contribution in [0, 0.1) is 13.8 Å². The number of nitrogens with two attached hydrogens (primary N) is 1. The van der Waals surface area contributed by atoms with Crippen LogP contribution in [0.4, 0.5) is 11.4 Å². The van der Waals surface area contributed by atoms with E-state index in [2.05, 4.69) is 32.0 Å². The molecule has 23 heavy (non-hydrogen) atoms. The number of hydrogen-bond donors (Lipinski definition) is 1. The number of amides is 1. The maximum absolute atomic E-state index is 12.6. The summed E-state index contributed by atoms with van der Waals surface area (Å²) >= 11 is 0. The normalized spacial score (nSPS) is 10.0. The summed E-state index contributed by atoms with van der Waals surface area (Å²) in [6, 6.07) is 14.0. The zero-order valence-corrected chi connectivity index (χ0v) is 14.8. The number of anilines is 2. The quantitative estimate of drug-likeness (QED) is 0.830. The van der Waals surface area contributed by atoms with Crippen LogP contribution in [0.15, 0.2) is 42.5 Å². The van der Waals surface area contributed by atoms with Crippen LogP contribution >= 0.6 is 12.4 Å². The summed E-state index contributed by atoms with van der Waals surface area (Å²) in [6.45, 7) is 6.79. The lowest BCUT2D eigenvalue weighted by Crippen LogP contribution is -2.31. The molecule has 4 heteroatoms. The van der Waals surface area contributed by atoms with Gasteiger partial charge < -0.3 is 10.6 Å². The number of nitrogen functional groups attached to an aromatic ring is 1. The molecule has 0 aliphatic carbocycles. The molecule has 124 valence electrons. The maximum Gasteiger partial charge on any atom is 0.227 e. The molecule has 0 unspecified atom stereocenters. The van der Waals surface area contributed by atoms with E-state index in [4.69, 9.17) is 5.73 Å². The van der Waals surface area contributed by atoms with Gasteiger partial charge in [-0.2, -0.15) is 0 Å². The number of halogens is 1. The SMILES string of the molecule is CCN(C(=O)CCc1ccccc1N)c1cc(C)cc(C)c1.Cl. The van der Waals surface area contributed by atoms with Gasteiger partial charge in [0.1, 0.15) is 0 Å². The number of aryl methyl sites for hydroxylation is 3. The summed E-state index contributed by atoms with van der Waals surface area (Å²) in [7, 11) is 0. The van der Waals surface area contributed by atoms with Gasteiger partial charge in [-0.05, 0) is 62.1 Å². The third-order valence-electron chi connectivity index (χ3n) is 3.80. The van der Waals surface area contributed by atoms with E-state index in [1.54, 1.807) is 0 Å². The Morgan fingerprint density at radius 3 is 2.26 bits per heavy atom. The van der Waals surface area contributed by atoms with Crippen molar-refractivity contribution in [3.63, 3.8) is 0 Å². The summed E-state index contributed by atoms with van der Waals surface area (Å²) < 4.78 is 0. The monoisotopic (exact) mass is 332 g/mol. The Kier molecular flexibility index (Phi) is 7.11. The number of hydrogen-bond acceptors (Lipinski definition) is 2. The van der Waals surface area contributed by atoms with Crippen molar-refractivity contribution in [2.45, 2.75) is 33.6 Å². The van der Waals surface area contributed by atoms with E-state index in [-0.39, 0.29) is 18.3 Å². The highest BCUT2D eigenvalue weighted by Gasteiger charge is 2.15. The third kappa shape index (κ3) is 5.00. The van der Waals surface area contributed by atoms with Gasteiger partial charge in [0, 0.05) is 24.3 Å². The van der Waals surface area contributed by atoms with E-state index in [9.17, 15) is 4.79 Å². The van der Waals surface area contributed by atoms with Crippen LogP contribution < -0.4 is 10.6 Å². The molecule has 0 heterocycles. The molecule has 2 rings (SSSR count). The smallest absolute Gasteiger partial charge is 0.227 e. The van der Waals surface area contributed by atoms with Crippen molar-refractivity contribution in [3.05, 3.63) is 59.2 Å². The highest BCUT2D eigenvalue weighted by atomic mass is 35.5. The second kappa shape index (κ2) is 8.59. The second-order valence-electron chi connectivity index (χ2n) is 5.68. The molecule has 1 amide bonds. The van der Waals surface area contributed by atoms with Crippen LogP contribution in [0.2, 0.25) is 0 Å². The Bertz CT molecular complexity index is 650. The van der Waals surface area contributed by atoms with Crippen molar-refractivity contribution in [3.8, 4) is 0 Å². The van der Waals surface area contributed by atoms with Crippen molar-refractivity contribution in [1.29, 1.82) is 0 Å². The Morgan fingerprint density at radius 1 is 1.09 bits per heavy atom. The first-order valence-corrected chi connectivity index (χ1v) is 7.73. The zero-order valence-electron chi connectivity index (χ0n) is 14.0. The van der Waals surface area contributed by atoms with E-state index < -0.39 is 0 Å². The number of carbonyl (C=O) groups is 1. The number of benzene rings is 2. The highest BCUT2D eigenvalue weighted by molar-refractivity contribution is 5.93. The van der Waals surface area contributed by atoms with E-state index >= 15 is 0 Å². The fourth-order valence-corrected chi connectivity index (χ4v) is 2.75. The van der Waals surface area contributed by atoms with Gasteiger partial charge in [0.25, 0.3) is 0 Å². The molecule has 0 aliphatic heterocycles. The van der Waals surface area contributed by atoms with Gasteiger partial charge in [-0.25, -0.2) is 0 Å². The maximum atomic E-state index is 12.6. The van der Waals surface area contributed by atoms with E-state index in [1.165, 1.54) is 11.1 Å². The van der Waals surface area contributed by atoms with Crippen LogP contribution in [0.25, 0.3) is 0 Å². The highest BCUT2D eigenvalue weighted by Crippen LogP contribution is 2.20. The molecular weight excluding hydrogens is 308 g/mol. The standard InChI is InChI=1S/C19H24N2O.ClH/c1-4-21(17-12-14(2)11-15(3)13-17)19(22)10-9-16-7-5-6-8-18(16)20;/h5-8,11-13H,4,9-10,20H2,1-3H3;1H. The van der Waals surface area contributed by atoms with Gasteiger partial charge in [-0.3, -0.25) is 4.79 Å². The summed E-state index contributed by atoms with van der Waals surface area (Å²) in [5, 5.41) is 0. The molecule has 2 aromatic carbocycles. The minimum Gasteiger partial charge on any atom is -0.399 e. The van der Waals surface area contributed by atoms with Crippen molar-refractivity contribution >= 4 is 29.7 Å². The Morgan fingerprint density at radius 2 is 1.70 bits per heavy atom. The molecule has 0 saturated heterocycles. The summed E-state index contributed by atoms with van der Waals surface area (Å²) in [4.78, 5) is 14.4. The average Bonchev–Trinajstić information content (AvgIpc) is 2.46. The van der Waals surface area contributed by atoms with Crippen molar-refractivity contribution in [1.82, 2.24) is 0 Å². The van der Waals surface area contributed by atoms with Gasteiger partial charge in [0.2, 0.25) is 5.91 Å². The van der Waals surface area contributed by atoms with E-state index in [0.29, 0.717) is 19.4 Å². The topological polar surface area (TPSA) is 46.3 Å². The summed E-state index contributed by atoms with van der Waals surface area (Å²) in [5.41, 5.74) is 11.1. The van der Waals surface area contributed by atoms with Crippen molar-refractivity contribution in [2.24, 2.45) is 0 Å². The molecule has 3 nitrogen and oxygen atoms in total. The predicted octanol–water partition coefficient (Wildman–Crippen LogP) is 4.29. The Labute approximate surface area is 144 Å². The first-order chi connectivity index (χ1) is 10.5. The molecule has 2 aromatic rings. The lowest BCUT2D eigenvalue weighted by atomic mass is 10.1. The second-order valence-corrected chi connectivity index (χ2v) is 5.68. The molecule has 0 bridgehead atoms. The molecule has 0 saturated carbocycles. The van der Waals surface area contributed by atoms with Crippen LogP contribution in [0.5, 0.6) is 0 Å². The van der Waals surface area contributed by atoms with Crippen LogP contribution in [-0.2, 0) is 11.2 Å². The van der Waals surface area contributed by atoms with Gasteiger partial charge in [-0.1, -0.05) is 24.3 Å². The number of para-hydroxylation sites is 1. The summed E-state index contributed by atoms with van der Waals surface area (Å²) in [6.07, 6.45) is 1.14. The van der Waals surface area contributed by atoms with Gasteiger partial charge in [-0.15, -0.1) is 12.4 Å². The van der Waals surface area contributed by atoms with Crippen LogP contribution in [0.1, 0.15) is 30.0 Å². The zero-order chi connectivity index (χ0) is 16.1. The third-order valence-corrected chi connectivity index (χ3v) is 3.80. The minimum atomic E-state index is 0. The molecule has 0 atom stereocenters. The number of rotatable bonds is 5. The first-order valence-electron chi connectivity index (χ1n) is 7.73. The summed E-state index contributed by atoms with van der Waals surface area (Å²) in [5.74, 6) is 0.135. The fraction of sp³-hybridized carbons (Fsp3) is 0.316. The Hall–Kier alpha value is -2.00. The molecule has 0 aromatic heterocycles. The number of carbonyl (C=O) groups excluding carboxylic acids is 1. The molecular formula is C19H25ClN2O. The first kappa shape index (κ1) is 19.0. The molecule has 0 radical (unpaired) electrons. The van der Waals surface area contributed by atoms with Gasteiger partial charge >= 0.3 is 0 Å².